The zero-order valence-electron chi connectivity index (χ0n) is 7.45. The topological polar surface area (TPSA) is 41.5 Å². The first-order valence-electron chi connectivity index (χ1n) is 3.95. The number of benzene rings is 1. The van der Waals surface area contributed by atoms with E-state index in [2.05, 4.69) is 5.10 Å². The number of amides is 1. The van der Waals surface area contributed by atoms with Crippen molar-refractivity contribution in [2.24, 2.45) is 5.10 Å². The van der Waals surface area contributed by atoms with Crippen molar-refractivity contribution in [3.8, 4) is 0 Å². The van der Waals surface area contributed by atoms with Crippen LogP contribution in [0.4, 0.5) is 13.2 Å². The fourth-order valence-electron chi connectivity index (χ4n) is 0.818. The van der Waals surface area contributed by atoms with Crippen molar-refractivity contribution >= 4 is 12.1 Å². The minimum atomic E-state index is -4.52. The minimum absolute atomic E-state index is 0.247. The van der Waals surface area contributed by atoms with Crippen LogP contribution in [0.15, 0.2) is 35.4 Å². The Morgan fingerprint density at radius 2 is 1.87 bits per heavy atom. The van der Waals surface area contributed by atoms with Gasteiger partial charge in [-0.2, -0.15) is 18.3 Å². The van der Waals surface area contributed by atoms with Gasteiger partial charge in [-0.25, -0.2) is 5.43 Å². The highest BCUT2D eigenvalue weighted by atomic mass is 19.4. The molecule has 1 amide bonds. The lowest BCUT2D eigenvalue weighted by molar-refractivity contribution is -0.0538. The van der Waals surface area contributed by atoms with Crippen molar-refractivity contribution in [3.05, 3.63) is 35.9 Å². The lowest BCUT2D eigenvalue weighted by atomic mass is 10.2. The Morgan fingerprint density at radius 1 is 1.27 bits per heavy atom. The summed E-state index contributed by atoms with van der Waals surface area (Å²) in [6.07, 6.45) is -4.81. The van der Waals surface area contributed by atoms with E-state index < -0.39 is 12.1 Å². The number of alkyl halides is 3. The number of hydrogen-bond acceptors (Lipinski definition) is 2. The van der Waals surface area contributed by atoms with Gasteiger partial charge in [-0.1, -0.05) is 18.2 Å². The highest BCUT2D eigenvalue weighted by Crippen LogP contribution is 2.09. The molecule has 6 heteroatoms. The Balaban J connectivity index is 2.55. The molecule has 0 saturated carbocycles. The van der Waals surface area contributed by atoms with Crippen molar-refractivity contribution in [1.82, 2.24) is 5.43 Å². The van der Waals surface area contributed by atoms with Gasteiger partial charge < -0.3 is 0 Å². The fourth-order valence-corrected chi connectivity index (χ4v) is 0.818. The molecule has 0 aliphatic carbocycles. The van der Waals surface area contributed by atoms with E-state index in [1.54, 1.807) is 23.6 Å². The summed E-state index contributed by atoms with van der Waals surface area (Å²) < 4.78 is 34.8. The molecule has 0 radical (unpaired) electrons. The lowest BCUT2D eigenvalue weighted by Crippen LogP contribution is -2.20. The fraction of sp³-hybridized carbons (Fsp3) is 0.111. The van der Waals surface area contributed by atoms with E-state index in [0.717, 1.165) is 0 Å². The molecule has 1 rings (SSSR count). The Bertz CT molecular complexity index is 359. The average Bonchev–Trinajstić information content (AvgIpc) is 2.17. The van der Waals surface area contributed by atoms with Gasteiger partial charge in [0, 0.05) is 5.56 Å². The Kier molecular flexibility index (Phi) is 3.43. The summed E-state index contributed by atoms with van der Waals surface area (Å²) >= 11 is 0. The molecule has 0 bridgehead atoms. The van der Waals surface area contributed by atoms with Crippen LogP contribution in [0, 0.1) is 0 Å². The molecular formula is C9H7F3N2O. The molecule has 0 aromatic heterocycles. The lowest BCUT2D eigenvalue weighted by Gasteiger charge is -1.99. The largest absolute Gasteiger partial charge is 0.428 e. The molecule has 0 aliphatic heterocycles. The monoisotopic (exact) mass is 216 g/mol. The van der Waals surface area contributed by atoms with Crippen LogP contribution in [0.5, 0.6) is 0 Å². The quantitative estimate of drug-likeness (QED) is 0.595. The van der Waals surface area contributed by atoms with Crippen LogP contribution in [0.25, 0.3) is 0 Å². The van der Waals surface area contributed by atoms with Crippen LogP contribution in [0.2, 0.25) is 0 Å². The molecule has 0 fully saturated rings. The number of carbonyl (C=O) groups excluding carboxylic acids is 1. The van der Waals surface area contributed by atoms with Gasteiger partial charge in [-0.15, -0.1) is 0 Å². The molecule has 1 N–H and O–H groups in total. The van der Waals surface area contributed by atoms with Crippen molar-refractivity contribution in [2.75, 3.05) is 0 Å². The maximum atomic E-state index is 11.6. The number of nitrogens with zero attached hydrogens (tertiary/aromatic N) is 1. The SMILES string of the molecule is O=C(NN=CC(F)(F)F)c1ccccc1. The molecule has 80 valence electrons. The number of halogens is 3. The first kappa shape index (κ1) is 11.2. The normalized spacial score (nSPS) is 11.7. The highest BCUT2D eigenvalue weighted by Gasteiger charge is 2.23. The van der Waals surface area contributed by atoms with E-state index >= 15 is 0 Å². The second kappa shape index (κ2) is 4.59. The average molecular weight is 216 g/mol. The van der Waals surface area contributed by atoms with Gasteiger partial charge in [0.25, 0.3) is 5.91 Å². The van der Waals surface area contributed by atoms with Crippen LogP contribution in [0.1, 0.15) is 10.4 Å². The summed E-state index contributed by atoms with van der Waals surface area (Å²) in [4.78, 5) is 11.1. The molecule has 1 aromatic carbocycles. The molecule has 15 heavy (non-hydrogen) atoms. The molecule has 0 atom stereocenters. The smallest absolute Gasteiger partial charge is 0.267 e. The molecule has 1 aromatic rings. The van der Waals surface area contributed by atoms with Gasteiger partial charge >= 0.3 is 6.18 Å². The van der Waals surface area contributed by atoms with Crippen molar-refractivity contribution < 1.29 is 18.0 Å². The zero-order valence-corrected chi connectivity index (χ0v) is 7.45. The minimum Gasteiger partial charge on any atom is -0.267 e. The number of nitrogens with one attached hydrogen (secondary N) is 1. The molecule has 0 heterocycles. The maximum absolute atomic E-state index is 11.6. The third-order valence-corrected chi connectivity index (χ3v) is 1.41. The number of hydrogen-bond donors (Lipinski definition) is 1. The van der Waals surface area contributed by atoms with Crippen molar-refractivity contribution in [3.63, 3.8) is 0 Å². The van der Waals surface area contributed by atoms with Gasteiger partial charge in [-0.05, 0) is 12.1 Å². The third-order valence-electron chi connectivity index (χ3n) is 1.41. The van der Waals surface area contributed by atoms with Crippen LogP contribution in [-0.2, 0) is 0 Å². The summed E-state index contributed by atoms with van der Waals surface area (Å²) in [5.74, 6) is -0.684. The summed E-state index contributed by atoms with van der Waals surface area (Å²) in [6.45, 7) is 0. The van der Waals surface area contributed by atoms with Gasteiger partial charge in [0.15, 0.2) is 0 Å². The first-order chi connectivity index (χ1) is 6.99. The van der Waals surface area contributed by atoms with E-state index in [0.29, 0.717) is 0 Å². The van der Waals surface area contributed by atoms with E-state index in [1.165, 1.54) is 12.1 Å². The number of rotatable bonds is 2. The van der Waals surface area contributed by atoms with Crippen LogP contribution in [-0.4, -0.2) is 18.3 Å². The molecule has 0 aliphatic rings. The van der Waals surface area contributed by atoms with Crippen molar-refractivity contribution in [2.45, 2.75) is 6.18 Å². The van der Waals surface area contributed by atoms with Crippen LogP contribution >= 0.6 is 0 Å². The molecule has 0 unspecified atom stereocenters. The summed E-state index contributed by atoms with van der Waals surface area (Å²) in [5.41, 5.74) is 2.01. The van der Waals surface area contributed by atoms with Crippen LogP contribution < -0.4 is 5.43 Å². The molecule has 0 saturated heterocycles. The number of carbonyl (C=O) groups is 1. The third kappa shape index (κ3) is 4.26. The first-order valence-corrected chi connectivity index (χ1v) is 3.95. The van der Waals surface area contributed by atoms with E-state index in [-0.39, 0.29) is 11.8 Å². The zero-order chi connectivity index (χ0) is 11.3. The van der Waals surface area contributed by atoms with Gasteiger partial charge in [0.1, 0.15) is 6.21 Å². The van der Waals surface area contributed by atoms with Gasteiger partial charge in [0.05, 0.1) is 0 Å². The summed E-state index contributed by atoms with van der Waals surface area (Å²) in [7, 11) is 0. The standard InChI is InChI=1S/C9H7F3N2O/c10-9(11,12)6-13-14-8(15)7-4-2-1-3-5-7/h1-6H,(H,14,15). The van der Waals surface area contributed by atoms with E-state index in [9.17, 15) is 18.0 Å². The van der Waals surface area contributed by atoms with Crippen molar-refractivity contribution in [1.29, 1.82) is 0 Å². The summed E-state index contributed by atoms with van der Waals surface area (Å²) in [5, 5.41) is 2.77. The van der Waals surface area contributed by atoms with E-state index in [4.69, 9.17) is 0 Å². The van der Waals surface area contributed by atoms with Gasteiger partial charge in [-0.3, -0.25) is 4.79 Å². The Morgan fingerprint density at radius 3 is 2.40 bits per heavy atom. The summed E-state index contributed by atoms with van der Waals surface area (Å²) in [6, 6.07) is 7.83. The number of hydrazone groups is 1. The predicted octanol–water partition coefficient (Wildman–Crippen LogP) is 1.96. The molecular weight excluding hydrogens is 209 g/mol. The second-order valence-corrected chi connectivity index (χ2v) is 2.61. The Labute approximate surface area is 83.6 Å². The maximum Gasteiger partial charge on any atom is 0.428 e. The van der Waals surface area contributed by atoms with Crippen LogP contribution in [0.3, 0.4) is 0 Å². The predicted molar refractivity (Wildman–Crippen MR) is 48.5 cm³/mol. The van der Waals surface area contributed by atoms with E-state index in [1.807, 2.05) is 0 Å². The second-order valence-electron chi connectivity index (χ2n) is 2.61. The molecule has 3 nitrogen and oxygen atoms in total. The van der Waals surface area contributed by atoms with Gasteiger partial charge in [0.2, 0.25) is 0 Å². The highest BCUT2D eigenvalue weighted by molar-refractivity contribution is 5.94. The molecule has 0 spiro atoms. The Hall–Kier alpha value is -1.85.